The maximum Gasteiger partial charge on any atom is 0.407 e. The third-order valence-corrected chi connectivity index (χ3v) is 8.70. The molecule has 36 heavy (non-hydrogen) atoms. The number of nitrogens with zero attached hydrogens (tertiary/aromatic N) is 4. The van der Waals surface area contributed by atoms with Crippen LogP contribution in [0.2, 0.25) is 25.7 Å². The maximum atomic E-state index is 15.6. The molecule has 1 N–H and O–H groups in total. The van der Waals surface area contributed by atoms with Crippen LogP contribution in [0.3, 0.4) is 0 Å². The number of halogens is 1. The second-order valence-electron chi connectivity index (χ2n) is 10.9. The van der Waals surface area contributed by atoms with Crippen LogP contribution in [0.15, 0.2) is 30.5 Å². The van der Waals surface area contributed by atoms with Gasteiger partial charge in [0.15, 0.2) is 0 Å². The average molecular weight is 519 g/mol. The zero-order valence-corrected chi connectivity index (χ0v) is 22.2. The van der Waals surface area contributed by atoms with Crippen molar-refractivity contribution < 1.29 is 28.6 Å². The van der Waals surface area contributed by atoms with E-state index in [1.807, 2.05) is 28.8 Å². The van der Waals surface area contributed by atoms with Crippen LogP contribution in [0.4, 0.5) is 19.7 Å². The van der Waals surface area contributed by atoms with Crippen molar-refractivity contribution in [3.05, 3.63) is 30.5 Å². The minimum absolute atomic E-state index is 0.0621. The first-order valence-electron chi connectivity index (χ1n) is 12.4. The molecule has 11 heteroatoms. The lowest BCUT2D eigenvalue weighted by Crippen LogP contribution is -2.53. The fourth-order valence-electron chi connectivity index (χ4n) is 4.72. The van der Waals surface area contributed by atoms with Gasteiger partial charge in [0.05, 0.1) is 17.7 Å². The summed E-state index contributed by atoms with van der Waals surface area (Å²) in [7, 11) is -1.28. The minimum atomic E-state index is -1.51. The van der Waals surface area contributed by atoms with Gasteiger partial charge in [-0.05, 0) is 24.2 Å². The Labute approximate surface area is 211 Å². The normalized spacial score (nSPS) is 18.8. The molecule has 1 aromatic carbocycles. The van der Waals surface area contributed by atoms with Gasteiger partial charge in [0.25, 0.3) is 0 Å². The molecule has 2 fully saturated rings. The van der Waals surface area contributed by atoms with Crippen LogP contribution >= 0.6 is 0 Å². The Morgan fingerprint density at radius 2 is 1.86 bits per heavy atom. The molecule has 0 bridgehead atoms. The summed E-state index contributed by atoms with van der Waals surface area (Å²) in [5.74, 6) is -0.249. The predicted molar refractivity (Wildman–Crippen MR) is 138 cm³/mol. The van der Waals surface area contributed by atoms with Gasteiger partial charge in [-0.25, -0.2) is 18.9 Å². The molecular formula is C25H35FN4O5Si. The molecule has 0 unspecified atom stereocenters. The van der Waals surface area contributed by atoms with E-state index in [2.05, 4.69) is 19.6 Å². The van der Waals surface area contributed by atoms with Crippen LogP contribution in [-0.2, 0) is 16.1 Å². The molecule has 2 aliphatic heterocycles. The number of carboxylic acid groups (broad SMARTS) is 1. The Morgan fingerprint density at radius 1 is 1.14 bits per heavy atom. The molecule has 9 nitrogen and oxygen atoms in total. The molecule has 4 rings (SSSR count). The van der Waals surface area contributed by atoms with Crippen molar-refractivity contribution in [1.29, 1.82) is 0 Å². The number of imide groups is 1. The topological polar surface area (TPSA) is 95.3 Å². The van der Waals surface area contributed by atoms with E-state index in [1.165, 1.54) is 4.90 Å². The van der Waals surface area contributed by atoms with Gasteiger partial charge >= 0.3 is 12.1 Å². The van der Waals surface area contributed by atoms with Crippen molar-refractivity contribution in [2.75, 3.05) is 37.9 Å². The average Bonchev–Trinajstić information content (AvgIpc) is 3.20. The highest BCUT2D eigenvalue weighted by Crippen LogP contribution is 2.34. The standard InChI is InChI=1S/C25H35FN4O5Si/c1-36(2,3)16-15-35-18-30-22(31)8-12-29(23(30)32)21-6-4-5-20-19(21)7-11-28(20)17-25(26)9-13-27(14-10-25)24(33)34/h4-7,11H,8-10,12-18H2,1-3H3,(H,33,34). The number of benzene rings is 1. The van der Waals surface area contributed by atoms with Crippen LogP contribution in [-0.4, -0.2) is 84.2 Å². The quantitative estimate of drug-likeness (QED) is 0.407. The maximum absolute atomic E-state index is 15.6. The third-order valence-electron chi connectivity index (χ3n) is 6.99. The summed E-state index contributed by atoms with van der Waals surface area (Å²) in [6, 6.07) is 7.93. The Kier molecular flexibility index (Phi) is 7.42. The van der Waals surface area contributed by atoms with Crippen molar-refractivity contribution >= 4 is 42.7 Å². The summed E-state index contributed by atoms with van der Waals surface area (Å²) in [5, 5.41) is 9.94. The molecule has 2 aromatic rings. The number of anilines is 1. The molecule has 0 radical (unpaired) electrons. The lowest BCUT2D eigenvalue weighted by Gasteiger charge is -2.35. The number of rotatable bonds is 8. The Hall–Kier alpha value is -2.92. The van der Waals surface area contributed by atoms with E-state index in [0.717, 1.165) is 21.8 Å². The molecule has 196 valence electrons. The SMILES string of the molecule is C[Si](C)(C)CCOCN1C(=O)CCN(c2cccc3c2ccn3CC2(F)CCN(C(=O)O)CC2)C1=O. The fraction of sp³-hybridized carbons (Fsp3) is 0.560. The van der Waals surface area contributed by atoms with Gasteiger partial charge in [-0.1, -0.05) is 25.7 Å². The van der Waals surface area contributed by atoms with Crippen LogP contribution in [0, 0.1) is 0 Å². The predicted octanol–water partition coefficient (Wildman–Crippen LogP) is 4.59. The van der Waals surface area contributed by atoms with E-state index in [1.54, 1.807) is 11.1 Å². The zero-order valence-electron chi connectivity index (χ0n) is 21.2. The molecule has 2 aliphatic rings. The number of piperidine rings is 1. The van der Waals surface area contributed by atoms with Crippen LogP contribution in [0.5, 0.6) is 0 Å². The molecule has 3 heterocycles. The Balaban J connectivity index is 1.49. The van der Waals surface area contributed by atoms with E-state index >= 15 is 4.39 Å². The number of amides is 4. The number of hydrogen-bond acceptors (Lipinski definition) is 4. The third kappa shape index (κ3) is 5.72. The number of urea groups is 1. The van der Waals surface area contributed by atoms with Crippen molar-refractivity contribution in [3.63, 3.8) is 0 Å². The number of hydrogen-bond donors (Lipinski definition) is 1. The summed E-state index contributed by atoms with van der Waals surface area (Å²) < 4.78 is 23.1. The molecule has 4 amide bonds. The van der Waals surface area contributed by atoms with Gasteiger partial charge in [-0.3, -0.25) is 9.69 Å². The number of alkyl halides is 1. The van der Waals surface area contributed by atoms with Gasteiger partial charge < -0.3 is 19.3 Å². The number of aromatic nitrogens is 1. The van der Waals surface area contributed by atoms with E-state index in [4.69, 9.17) is 9.84 Å². The summed E-state index contributed by atoms with van der Waals surface area (Å²) in [4.78, 5) is 40.9. The second-order valence-corrected chi connectivity index (χ2v) is 16.5. The Bertz CT molecular complexity index is 1140. The smallest absolute Gasteiger partial charge is 0.407 e. The number of fused-ring (bicyclic) bond motifs is 1. The van der Waals surface area contributed by atoms with Gasteiger partial charge in [0.1, 0.15) is 12.4 Å². The highest BCUT2D eigenvalue weighted by molar-refractivity contribution is 6.76. The number of carbonyl (C=O) groups excluding carboxylic acids is 2. The summed E-state index contributed by atoms with van der Waals surface area (Å²) in [5.41, 5.74) is -0.0528. The van der Waals surface area contributed by atoms with Crippen molar-refractivity contribution in [2.24, 2.45) is 0 Å². The molecule has 0 aliphatic carbocycles. The summed E-state index contributed by atoms with van der Waals surface area (Å²) >= 11 is 0. The van der Waals surface area contributed by atoms with Gasteiger partial charge in [-0.2, -0.15) is 0 Å². The summed E-state index contributed by atoms with van der Waals surface area (Å²) in [6.45, 7) is 7.89. The number of carbonyl (C=O) groups is 3. The first-order valence-corrected chi connectivity index (χ1v) is 16.1. The van der Waals surface area contributed by atoms with Crippen LogP contribution < -0.4 is 4.90 Å². The van der Waals surface area contributed by atoms with Gasteiger partial charge in [-0.15, -0.1) is 0 Å². The molecule has 0 spiro atoms. The highest BCUT2D eigenvalue weighted by Gasteiger charge is 2.37. The largest absolute Gasteiger partial charge is 0.465 e. The fourth-order valence-corrected chi connectivity index (χ4v) is 5.47. The van der Waals surface area contributed by atoms with Crippen molar-refractivity contribution in [2.45, 2.75) is 57.2 Å². The van der Waals surface area contributed by atoms with Gasteiger partial charge in [0, 0.05) is 65.2 Å². The van der Waals surface area contributed by atoms with Crippen molar-refractivity contribution in [3.8, 4) is 0 Å². The molecular weight excluding hydrogens is 483 g/mol. The second kappa shape index (κ2) is 10.2. The van der Waals surface area contributed by atoms with E-state index in [-0.39, 0.29) is 58.1 Å². The van der Waals surface area contributed by atoms with E-state index < -0.39 is 25.9 Å². The molecule has 1 aromatic heterocycles. The van der Waals surface area contributed by atoms with E-state index in [9.17, 15) is 14.4 Å². The monoisotopic (exact) mass is 518 g/mol. The van der Waals surface area contributed by atoms with Crippen LogP contribution in [0.25, 0.3) is 10.9 Å². The molecule has 0 saturated carbocycles. The van der Waals surface area contributed by atoms with E-state index in [0.29, 0.717) is 12.3 Å². The molecule has 0 atom stereocenters. The molecule has 2 saturated heterocycles. The lowest BCUT2D eigenvalue weighted by molar-refractivity contribution is -0.133. The Morgan fingerprint density at radius 3 is 2.53 bits per heavy atom. The summed E-state index contributed by atoms with van der Waals surface area (Å²) in [6.07, 6.45) is 1.26. The number of likely N-dealkylation sites (tertiary alicyclic amines) is 1. The first kappa shape index (κ1) is 26.1. The number of ether oxygens (including phenoxy) is 1. The lowest BCUT2D eigenvalue weighted by atomic mass is 9.93. The zero-order chi connectivity index (χ0) is 26.1. The van der Waals surface area contributed by atoms with Gasteiger partial charge in [0.2, 0.25) is 5.91 Å². The minimum Gasteiger partial charge on any atom is -0.465 e. The van der Waals surface area contributed by atoms with Crippen molar-refractivity contribution in [1.82, 2.24) is 14.4 Å². The van der Waals surface area contributed by atoms with Crippen LogP contribution in [0.1, 0.15) is 19.3 Å². The highest BCUT2D eigenvalue weighted by atomic mass is 28.3. The first-order chi connectivity index (χ1) is 17.0.